The Hall–Kier alpha value is -2.66. The molecule has 3 heterocycles. The third-order valence-corrected chi connectivity index (χ3v) is 5.68. The molecular weight excluding hydrogens is 358 g/mol. The Morgan fingerprint density at radius 2 is 2.07 bits per heavy atom. The van der Waals surface area contributed by atoms with Crippen LogP contribution < -0.4 is 5.32 Å². The molecule has 1 saturated heterocycles. The molecule has 3 aromatic rings. The lowest BCUT2D eigenvalue weighted by Crippen LogP contribution is -2.26. The summed E-state index contributed by atoms with van der Waals surface area (Å²) in [5.74, 6) is 2.18. The summed E-state index contributed by atoms with van der Waals surface area (Å²) in [6.45, 7) is 10.2. The second kappa shape index (κ2) is 8.37. The molecule has 1 aliphatic rings. The first-order chi connectivity index (χ1) is 14.0. The number of nitrogens with zero attached hydrogens (tertiary/aromatic N) is 4. The number of benzene rings is 1. The van der Waals surface area contributed by atoms with Crippen molar-refractivity contribution in [2.45, 2.75) is 27.2 Å². The van der Waals surface area contributed by atoms with Crippen molar-refractivity contribution in [3.8, 4) is 11.1 Å². The standard InChI is InChI=1S/C24H31N5/c1-5-23(20-8-9-29(16-20)14-17(2)3)27-24-11-21-10-18(6-7-19(21)12-25-24)22-13-26-28(4)15-22/h5-7,10-13,15,17,20H,8-9,14,16H2,1-4H3,(H,25,27)/b23-5+. The van der Waals surface area contributed by atoms with E-state index in [4.69, 9.17) is 0 Å². The zero-order valence-electron chi connectivity index (χ0n) is 17.9. The molecular formula is C24H31N5. The van der Waals surface area contributed by atoms with Crippen LogP contribution in [0.15, 0.2) is 54.6 Å². The van der Waals surface area contributed by atoms with Gasteiger partial charge in [-0.05, 0) is 48.9 Å². The molecule has 29 heavy (non-hydrogen) atoms. The lowest BCUT2D eigenvalue weighted by atomic mass is 10.0. The number of nitrogens with one attached hydrogen (secondary N) is 1. The van der Waals surface area contributed by atoms with Gasteiger partial charge in [-0.1, -0.05) is 32.1 Å². The molecule has 152 valence electrons. The first-order valence-corrected chi connectivity index (χ1v) is 10.6. The van der Waals surface area contributed by atoms with Gasteiger partial charge in [0.1, 0.15) is 5.82 Å². The smallest absolute Gasteiger partial charge is 0.130 e. The summed E-state index contributed by atoms with van der Waals surface area (Å²) < 4.78 is 1.83. The summed E-state index contributed by atoms with van der Waals surface area (Å²) in [4.78, 5) is 7.24. The molecule has 1 aliphatic heterocycles. The number of anilines is 1. The molecule has 1 aromatic carbocycles. The molecule has 2 aromatic heterocycles. The number of aromatic nitrogens is 3. The molecule has 0 aliphatic carbocycles. The van der Waals surface area contributed by atoms with Gasteiger partial charge in [-0.2, -0.15) is 5.10 Å². The van der Waals surface area contributed by atoms with Crippen LogP contribution in [0, 0.1) is 11.8 Å². The number of rotatable bonds is 6. The zero-order chi connectivity index (χ0) is 20.4. The van der Waals surface area contributed by atoms with Crippen LogP contribution in [0.3, 0.4) is 0 Å². The maximum absolute atomic E-state index is 4.66. The molecule has 1 N–H and O–H groups in total. The van der Waals surface area contributed by atoms with E-state index in [1.807, 2.05) is 30.3 Å². The van der Waals surface area contributed by atoms with Gasteiger partial charge >= 0.3 is 0 Å². The van der Waals surface area contributed by atoms with Crippen LogP contribution >= 0.6 is 0 Å². The second-order valence-electron chi connectivity index (χ2n) is 8.54. The fraction of sp³-hybridized carbons (Fsp3) is 0.417. The van der Waals surface area contributed by atoms with E-state index in [9.17, 15) is 0 Å². The topological polar surface area (TPSA) is 46.0 Å². The molecule has 5 heteroatoms. The molecule has 1 atom stereocenters. The van der Waals surface area contributed by atoms with E-state index >= 15 is 0 Å². The SMILES string of the molecule is C/C=C(/Nc1cc2cc(-c3cnn(C)c3)ccc2cn1)C1CCN(CC(C)C)C1. The lowest BCUT2D eigenvalue weighted by molar-refractivity contribution is 0.291. The van der Waals surface area contributed by atoms with Crippen LogP contribution in [0.1, 0.15) is 27.2 Å². The highest BCUT2D eigenvalue weighted by Crippen LogP contribution is 2.28. The monoisotopic (exact) mass is 389 g/mol. The van der Waals surface area contributed by atoms with Gasteiger partial charge < -0.3 is 10.2 Å². The molecule has 4 rings (SSSR count). The van der Waals surface area contributed by atoms with Crippen LogP contribution in [0.2, 0.25) is 0 Å². The van der Waals surface area contributed by atoms with Crippen LogP contribution in [0.25, 0.3) is 21.9 Å². The Morgan fingerprint density at radius 1 is 1.21 bits per heavy atom. The minimum absolute atomic E-state index is 0.554. The Bertz CT molecular complexity index is 1020. The number of aryl methyl sites for hydroxylation is 1. The van der Waals surface area contributed by atoms with Crippen molar-refractivity contribution in [1.29, 1.82) is 0 Å². The normalized spacial score (nSPS) is 18.1. The molecule has 1 fully saturated rings. The predicted molar refractivity (Wildman–Crippen MR) is 121 cm³/mol. The first-order valence-electron chi connectivity index (χ1n) is 10.6. The van der Waals surface area contributed by atoms with Gasteiger partial charge in [0.2, 0.25) is 0 Å². The molecule has 0 bridgehead atoms. The zero-order valence-corrected chi connectivity index (χ0v) is 17.9. The van der Waals surface area contributed by atoms with Crippen LogP contribution in [-0.2, 0) is 7.05 Å². The summed E-state index contributed by atoms with van der Waals surface area (Å²) in [5.41, 5.74) is 3.59. The van der Waals surface area contributed by atoms with Gasteiger partial charge in [0.15, 0.2) is 0 Å². The van der Waals surface area contributed by atoms with Crippen molar-refractivity contribution >= 4 is 16.6 Å². The Labute approximate surface area is 173 Å². The van der Waals surface area contributed by atoms with Crippen LogP contribution in [-0.4, -0.2) is 39.3 Å². The Morgan fingerprint density at radius 3 is 2.79 bits per heavy atom. The van der Waals surface area contributed by atoms with Gasteiger partial charge in [-0.15, -0.1) is 0 Å². The van der Waals surface area contributed by atoms with Crippen molar-refractivity contribution < 1.29 is 0 Å². The minimum Gasteiger partial charge on any atom is -0.344 e. The highest BCUT2D eigenvalue weighted by Gasteiger charge is 2.25. The van der Waals surface area contributed by atoms with E-state index in [0.717, 1.165) is 23.3 Å². The first kappa shape index (κ1) is 19.6. The summed E-state index contributed by atoms with van der Waals surface area (Å²) in [6, 6.07) is 8.63. The minimum atomic E-state index is 0.554. The van der Waals surface area contributed by atoms with Crippen molar-refractivity contribution in [2.75, 3.05) is 25.0 Å². The molecule has 0 spiro atoms. The summed E-state index contributed by atoms with van der Waals surface area (Å²) in [6.07, 6.45) is 9.32. The maximum Gasteiger partial charge on any atom is 0.130 e. The quantitative estimate of drug-likeness (QED) is 0.649. The van der Waals surface area contributed by atoms with E-state index in [0.29, 0.717) is 11.8 Å². The highest BCUT2D eigenvalue weighted by atomic mass is 15.2. The third-order valence-electron chi connectivity index (χ3n) is 5.68. The van der Waals surface area contributed by atoms with Crippen molar-refractivity contribution in [1.82, 2.24) is 19.7 Å². The summed E-state index contributed by atoms with van der Waals surface area (Å²) in [5, 5.41) is 10.2. The molecule has 1 unspecified atom stereocenters. The molecule has 0 radical (unpaired) electrons. The second-order valence-corrected chi connectivity index (χ2v) is 8.54. The third kappa shape index (κ3) is 4.51. The van der Waals surface area contributed by atoms with E-state index in [2.05, 4.69) is 71.4 Å². The summed E-state index contributed by atoms with van der Waals surface area (Å²) >= 11 is 0. The number of likely N-dealkylation sites (tertiary alicyclic amines) is 1. The number of hydrogen-bond acceptors (Lipinski definition) is 4. The average molecular weight is 390 g/mol. The maximum atomic E-state index is 4.66. The van der Waals surface area contributed by atoms with Crippen molar-refractivity contribution in [2.24, 2.45) is 18.9 Å². The van der Waals surface area contributed by atoms with Gasteiger partial charge in [0, 0.05) is 55.1 Å². The van der Waals surface area contributed by atoms with E-state index in [1.165, 1.54) is 36.2 Å². The van der Waals surface area contributed by atoms with Crippen LogP contribution in [0.4, 0.5) is 5.82 Å². The number of pyridine rings is 1. The van der Waals surface area contributed by atoms with Gasteiger partial charge in [-0.3, -0.25) is 4.68 Å². The Kier molecular flexibility index (Phi) is 5.67. The fourth-order valence-corrected chi connectivity index (χ4v) is 4.29. The number of allylic oxidation sites excluding steroid dienone is 1. The van der Waals surface area contributed by atoms with Gasteiger partial charge in [-0.25, -0.2) is 4.98 Å². The van der Waals surface area contributed by atoms with E-state index in [1.54, 1.807) is 0 Å². The highest BCUT2D eigenvalue weighted by molar-refractivity contribution is 5.88. The number of hydrogen-bond donors (Lipinski definition) is 1. The van der Waals surface area contributed by atoms with Crippen molar-refractivity contribution in [3.63, 3.8) is 0 Å². The van der Waals surface area contributed by atoms with E-state index < -0.39 is 0 Å². The van der Waals surface area contributed by atoms with Gasteiger partial charge in [0.05, 0.1) is 6.20 Å². The number of fused-ring (bicyclic) bond motifs is 1. The van der Waals surface area contributed by atoms with Gasteiger partial charge in [0.25, 0.3) is 0 Å². The summed E-state index contributed by atoms with van der Waals surface area (Å²) in [7, 11) is 1.94. The molecule has 5 nitrogen and oxygen atoms in total. The molecule has 0 amide bonds. The predicted octanol–water partition coefficient (Wildman–Crippen LogP) is 4.93. The average Bonchev–Trinajstić information content (AvgIpc) is 3.34. The van der Waals surface area contributed by atoms with Crippen LogP contribution in [0.5, 0.6) is 0 Å². The Balaban J connectivity index is 1.52. The van der Waals surface area contributed by atoms with E-state index in [-0.39, 0.29) is 0 Å². The lowest BCUT2D eigenvalue weighted by Gasteiger charge is -2.20. The fourth-order valence-electron chi connectivity index (χ4n) is 4.29. The molecule has 0 saturated carbocycles. The largest absolute Gasteiger partial charge is 0.344 e. The van der Waals surface area contributed by atoms with Crippen molar-refractivity contribution in [3.05, 3.63) is 54.6 Å².